The lowest BCUT2D eigenvalue weighted by Gasteiger charge is -2.35. The van der Waals surface area contributed by atoms with Gasteiger partial charge in [0.05, 0.1) is 0 Å². The number of benzene rings is 3. The van der Waals surface area contributed by atoms with Crippen LogP contribution in [0.3, 0.4) is 0 Å². The van der Waals surface area contributed by atoms with Gasteiger partial charge in [-0.2, -0.15) is 0 Å². The molecule has 0 saturated carbocycles. The number of amides is 1. The molecule has 1 N–H and O–H groups in total. The number of rotatable bonds is 5. The lowest BCUT2D eigenvalue weighted by atomic mass is 9.96. The van der Waals surface area contributed by atoms with E-state index in [1.165, 1.54) is 18.1 Å². The number of nitrogens with one attached hydrogen (secondary N) is 1. The third kappa shape index (κ3) is 4.28. The lowest BCUT2D eigenvalue weighted by Crippen LogP contribution is -2.40. The summed E-state index contributed by atoms with van der Waals surface area (Å²) in [6.45, 7) is 3.08. The Morgan fingerprint density at radius 3 is 2.38 bits per heavy atom. The molecule has 4 rings (SSSR count). The maximum Gasteiger partial charge on any atom is 0.246 e. The number of ketones is 1. The van der Waals surface area contributed by atoms with Crippen molar-refractivity contribution in [2.45, 2.75) is 25.9 Å². The minimum absolute atomic E-state index is 0.0201. The van der Waals surface area contributed by atoms with E-state index in [2.05, 4.69) is 28.4 Å². The van der Waals surface area contributed by atoms with Crippen LogP contribution in [0, 0.1) is 0 Å². The molecule has 3 aromatic carbocycles. The van der Waals surface area contributed by atoms with Gasteiger partial charge in [0.1, 0.15) is 6.04 Å². The molecular formula is C25H24N2O2. The number of hydrogen-bond donors (Lipinski definition) is 1. The van der Waals surface area contributed by atoms with Crippen molar-refractivity contribution < 1.29 is 9.59 Å². The minimum atomic E-state index is -0.398. The highest BCUT2D eigenvalue weighted by Gasteiger charge is 2.30. The molecule has 0 radical (unpaired) electrons. The highest BCUT2D eigenvalue weighted by Crippen LogP contribution is 2.29. The van der Waals surface area contributed by atoms with Crippen LogP contribution in [0.25, 0.3) is 0 Å². The van der Waals surface area contributed by atoms with Gasteiger partial charge in [-0.05, 0) is 42.2 Å². The van der Waals surface area contributed by atoms with Crippen molar-refractivity contribution in [1.29, 1.82) is 0 Å². The Balaban J connectivity index is 1.62. The van der Waals surface area contributed by atoms with E-state index in [9.17, 15) is 9.59 Å². The number of carbonyl (C=O) groups is 2. The molecule has 4 heteroatoms. The molecule has 0 fully saturated rings. The highest BCUT2D eigenvalue weighted by atomic mass is 16.2. The topological polar surface area (TPSA) is 49.4 Å². The summed E-state index contributed by atoms with van der Waals surface area (Å²) in [6, 6.07) is 25.0. The van der Waals surface area contributed by atoms with Gasteiger partial charge in [0.25, 0.3) is 0 Å². The Morgan fingerprint density at radius 1 is 0.897 bits per heavy atom. The summed E-state index contributed by atoms with van der Waals surface area (Å²) < 4.78 is 0. The van der Waals surface area contributed by atoms with Crippen LogP contribution >= 0.6 is 0 Å². The van der Waals surface area contributed by atoms with Crippen molar-refractivity contribution in [3.8, 4) is 0 Å². The molecular weight excluding hydrogens is 360 g/mol. The first-order valence-electron chi connectivity index (χ1n) is 9.89. The number of nitrogens with zero attached hydrogens (tertiary/aromatic N) is 1. The quantitative estimate of drug-likeness (QED) is 0.653. The van der Waals surface area contributed by atoms with Crippen molar-refractivity contribution in [1.82, 2.24) is 4.90 Å². The Kier molecular flexibility index (Phi) is 5.54. The van der Waals surface area contributed by atoms with Gasteiger partial charge >= 0.3 is 0 Å². The zero-order chi connectivity index (χ0) is 20.2. The van der Waals surface area contributed by atoms with Gasteiger partial charge in [-0.1, -0.05) is 66.7 Å². The van der Waals surface area contributed by atoms with Crippen molar-refractivity contribution in [3.05, 3.63) is 101 Å². The van der Waals surface area contributed by atoms with Gasteiger partial charge in [-0.3, -0.25) is 14.5 Å². The Bertz CT molecular complexity index is 1030. The van der Waals surface area contributed by atoms with Crippen LogP contribution in [0.1, 0.15) is 40.0 Å². The SMILES string of the molecule is CC(=O)c1cccc(NC(=O)C(c2ccccc2)N2CCc3ccccc3C2)c1. The van der Waals surface area contributed by atoms with Gasteiger partial charge in [-0.25, -0.2) is 0 Å². The maximum atomic E-state index is 13.4. The molecule has 29 heavy (non-hydrogen) atoms. The van der Waals surface area contributed by atoms with Crippen molar-refractivity contribution in [2.24, 2.45) is 0 Å². The summed E-state index contributed by atoms with van der Waals surface area (Å²) in [5, 5.41) is 3.02. The summed E-state index contributed by atoms with van der Waals surface area (Å²) >= 11 is 0. The van der Waals surface area contributed by atoms with Gasteiger partial charge in [0.2, 0.25) is 5.91 Å². The smallest absolute Gasteiger partial charge is 0.246 e. The van der Waals surface area contributed by atoms with Crippen molar-refractivity contribution in [3.63, 3.8) is 0 Å². The van der Waals surface area contributed by atoms with Crippen LogP contribution in [0.15, 0.2) is 78.9 Å². The molecule has 0 aromatic heterocycles. The van der Waals surface area contributed by atoms with Crippen LogP contribution < -0.4 is 5.32 Å². The summed E-state index contributed by atoms with van der Waals surface area (Å²) in [7, 11) is 0. The van der Waals surface area contributed by atoms with Crippen LogP contribution in [0.2, 0.25) is 0 Å². The van der Waals surface area contributed by atoms with Gasteiger partial charge in [0.15, 0.2) is 5.78 Å². The van der Waals surface area contributed by atoms with Gasteiger partial charge < -0.3 is 5.32 Å². The highest BCUT2D eigenvalue weighted by molar-refractivity contribution is 5.98. The molecule has 1 atom stereocenters. The molecule has 1 aliphatic rings. The fraction of sp³-hybridized carbons (Fsp3) is 0.200. The van der Waals surface area contributed by atoms with E-state index >= 15 is 0 Å². The maximum absolute atomic E-state index is 13.4. The molecule has 1 aliphatic heterocycles. The standard InChI is InChI=1S/C25H24N2O2/c1-18(28)21-12-7-13-23(16-21)26-25(29)24(20-9-3-2-4-10-20)27-15-14-19-8-5-6-11-22(19)17-27/h2-13,16,24H,14-15,17H2,1H3,(H,26,29). The third-order valence-electron chi connectivity index (χ3n) is 5.43. The predicted octanol–water partition coefficient (Wildman–Crippen LogP) is 4.63. The molecule has 3 aromatic rings. The van der Waals surface area contributed by atoms with E-state index in [1.807, 2.05) is 42.5 Å². The number of hydrogen-bond acceptors (Lipinski definition) is 3. The second-order valence-electron chi connectivity index (χ2n) is 7.43. The fourth-order valence-electron chi connectivity index (χ4n) is 3.93. The second-order valence-corrected chi connectivity index (χ2v) is 7.43. The zero-order valence-corrected chi connectivity index (χ0v) is 16.5. The second kappa shape index (κ2) is 8.41. The number of Topliss-reactive ketones (excluding diaryl/α,β-unsaturated/α-hetero) is 1. The monoisotopic (exact) mass is 384 g/mol. The van der Waals surface area contributed by atoms with E-state index in [0.29, 0.717) is 11.3 Å². The van der Waals surface area contributed by atoms with Crippen molar-refractivity contribution >= 4 is 17.4 Å². The molecule has 1 heterocycles. The Morgan fingerprint density at radius 2 is 1.62 bits per heavy atom. The van der Waals surface area contributed by atoms with Gasteiger partial charge in [-0.15, -0.1) is 0 Å². The predicted molar refractivity (Wildman–Crippen MR) is 115 cm³/mol. The van der Waals surface area contributed by atoms with Crippen LogP contribution in [0.5, 0.6) is 0 Å². The number of fused-ring (bicyclic) bond motifs is 1. The van der Waals surface area contributed by atoms with E-state index in [1.54, 1.807) is 18.2 Å². The largest absolute Gasteiger partial charge is 0.324 e. The zero-order valence-electron chi connectivity index (χ0n) is 16.5. The molecule has 0 spiro atoms. The number of anilines is 1. The van der Waals surface area contributed by atoms with E-state index in [-0.39, 0.29) is 11.7 Å². The Labute approximate surface area is 171 Å². The summed E-state index contributed by atoms with van der Waals surface area (Å²) in [6.07, 6.45) is 0.923. The molecule has 0 saturated heterocycles. The molecule has 1 amide bonds. The van der Waals surface area contributed by atoms with E-state index < -0.39 is 6.04 Å². The summed E-state index contributed by atoms with van der Waals surface area (Å²) in [4.78, 5) is 27.3. The van der Waals surface area contributed by atoms with Crippen LogP contribution in [-0.4, -0.2) is 23.1 Å². The van der Waals surface area contributed by atoms with Crippen molar-refractivity contribution in [2.75, 3.05) is 11.9 Å². The first-order valence-corrected chi connectivity index (χ1v) is 9.89. The Hall–Kier alpha value is -3.24. The van der Waals surface area contributed by atoms with E-state index in [0.717, 1.165) is 25.1 Å². The fourth-order valence-corrected chi connectivity index (χ4v) is 3.93. The van der Waals surface area contributed by atoms with Gasteiger partial charge in [0, 0.05) is 24.3 Å². The summed E-state index contributed by atoms with van der Waals surface area (Å²) in [5.41, 5.74) is 4.82. The number of carbonyl (C=O) groups excluding carboxylic acids is 2. The molecule has 146 valence electrons. The molecule has 4 nitrogen and oxygen atoms in total. The van der Waals surface area contributed by atoms with Crippen LogP contribution in [0.4, 0.5) is 5.69 Å². The first kappa shape index (κ1) is 19.1. The summed E-state index contributed by atoms with van der Waals surface area (Å²) in [5.74, 6) is -0.107. The minimum Gasteiger partial charge on any atom is -0.324 e. The lowest BCUT2D eigenvalue weighted by molar-refractivity contribution is -0.122. The average molecular weight is 384 g/mol. The molecule has 0 bridgehead atoms. The van der Waals surface area contributed by atoms with E-state index in [4.69, 9.17) is 0 Å². The molecule has 0 aliphatic carbocycles. The first-order chi connectivity index (χ1) is 14.1. The normalized spacial score (nSPS) is 14.7. The van der Waals surface area contributed by atoms with Crippen LogP contribution in [-0.2, 0) is 17.8 Å². The molecule has 1 unspecified atom stereocenters. The third-order valence-corrected chi connectivity index (χ3v) is 5.43. The average Bonchev–Trinajstić information content (AvgIpc) is 2.75.